The monoisotopic (exact) mass is 368 g/mol. The number of nitrogens with zero attached hydrogens (tertiary/aromatic N) is 2. The molecule has 0 unspecified atom stereocenters. The summed E-state index contributed by atoms with van der Waals surface area (Å²) >= 11 is 1.67. The van der Waals surface area contributed by atoms with Crippen LogP contribution in [0.25, 0.3) is 0 Å². The van der Waals surface area contributed by atoms with Gasteiger partial charge in [-0.15, -0.1) is 12.4 Å². The molecule has 0 bridgehead atoms. The van der Waals surface area contributed by atoms with Gasteiger partial charge in [0.05, 0.1) is 6.04 Å². The average Bonchev–Trinajstić information content (AvgIpc) is 2.54. The molecule has 3 N–H and O–H groups in total. The van der Waals surface area contributed by atoms with E-state index in [2.05, 4.69) is 15.3 Å². The lowest BCUT2D eigenvalue weighted by Gasteiger charge is -2.12. The molecule has 2 aromatic rings. The van der Waals surface area contributed by atoms with E-state index >= 15 is 0 Å². The summed E-state index contributed by atoms with van der Waals surface area (Å²) in [5.74, 6) is 1.27. The Kier molecular flexibility index (Phi) is 8.53. The highest BCUT2D eigenvalue weighted by molar-refractivity contribution is 7.98. The van der Waals surface area contributed by atoms with Gasteiger partial charge in [-0.25, -0.2) is 9.97 Å². The summed E-state index contributed by atoms with van der Waals surface area (Å²) in [6.45, 7) is 1.87. The molecule has 0 fully saturated rings. The maximum absolute atomic E-state index is 11.9. The van der Waals surface area contributed by atoms with Gasteiger partial charge in [-0.2, -0.15) is 11.8 Å². The first-order valence-electron chi connectivity index (χ1n) is 7.21. The zero-order chi connectivity index (χ0) is 16.7. The second-order valence-corrected chi connectivity index (χ2v) is 5.97. The highest BCUT2D eigenvalue weighted by atomic mass is 35.5. The Hall–Kier alpha value is -1.83. The van der Waals surface area contributed by atoms with E-state index in [1.807, 2.05) is 13.2 Å². The van der Waals surface area contributed by atoms with Crippen molar-refractivity contribution in [1.29, 1.82) is 0 Å². The van der Waals surface area contributed by atoms with Crippen LogP contribution in [0.2, 0.25) is 0 Å². The van der Waals surface area contributed by atoms with Gasteiger partial charge in [0.1, 0.15) is 5.75 Å². The van der Waals surface area contributed by atoms with Crippen molar-refractivity contribution in [3.05, 3.63) is 42.2 Å². The Bertz CT molecular complexity index is 655. The van der Waals surface area contributed by atoms with Crippen molar-refractivity contribution in [1.82, 2.24) is 9.97 Å². The van der Waals surface area contributed by atoms with E-state index in [1.165, 1.54) is 0 Å². The van der Waals surface area contributed by atoms with Gasteiger partial charge in [0.25, 0.3) is 0 Å². The van der Waals surface area contributed by atoms with E-state index in [9.17, 15) is 4.79 Å². The van der Waals surface area contributed by atoms with Crippen molar-refractivity contribution in [2.75, 3.05) is 17.3 Å². The van der Waals surface area contributed by atoms with E-state index in [4.69, 9.17) is 10.5 Å². The summed E-state index contributed by atoms with van der Waals surface area (Å²) in [6.07, 6.45) is 4.28. The molecule has 0 aliphatic carbocycles. The zero-order valence-corrected chi connectivity index (χ0v) is 15.2. The summed E-state index contributed by atoms with van der Waals surface area (Å²) in [5, 5.41) is 2.79. The van der Waals surface area contributed by atoms with Crippen LogP contribution in [0.5, 0.6) is 11.8 Å². The van der Waals surface area contributed by atoms with E-state index in [1.54, 1.807) is 48.3 Å². The molecular weight excluding hydrogens is 348 g/mol. The Labute approximate surface area is 152 Å². The van der Waals surface area contributed by atoms with Crippen molar-refractivity contribution < 1.29 is 9.53 Å². The third kappa shape index (κ3) is 6.35. The first-order valence-corrected chi connectivity index (χ1v) is 8.61. The molecule has 8 heteroatoms. The maximum Gasteiger partial charge on any atom is 0.322 e. The summed E-state index contributed by atoms with van der Waals surface area (Å²) in [4.78, 5) is 20.1. The fraction of sp³-hybridized carbons (Fsp3) is 0.312. The fourth-order valence-electron chi connectivity index (χ4n) is 1.80. The molecule has 1 atom stereocenters. The number of carbonyl (C=O) groups is 1. The minimum Gasteiger partial charge on any atom is -0.424 e. The van der Waals surface area contributed by atoms with Crippen molar-refractivity contribution in [3.8, 4) is 11.8 Å². The quantitative estimate of drug-likeness (QED) is 0.780. The molecule has 0 aliphatic rings. The van der Waals surface area contributed by atoms with Gasteiger partial charge in [0.2, 0.25) is 5.91 Å². The van der Waals surface area contributed by atoms with Crippen molar-refractivity contribution in [2.45, 2.75) is 19.4 Å². The summed E-state index contributed by atoms with van der Waals surface area (Å²) in [5.41, 5.74) is 7.34. The minimum atomic E-state index is -0.501. The normalized spacial score (nSPS) is 11.3. The third-order valence-corrected chi connectivity index (χ3v) is 3.72. The van der Waals surface area contributed by atoms with Gasteiger partial charge in [-0.05, 0) is 55.7 Å². The number of thioether (sulfide) groups is 1. The number of aryl methyl sites for hydroxylation is 1. The van der Waals surface area contributed by atoms with E-state index < -0.39 is 6.04 Å². The molecule has 0 aliphatic heterocycles. The standard InChI is InChI=1S/C16H20N4O2S.ClH/c1-11-7-9-18-16(19-11)22-13-5-3-12(4-6-13)20-15(21)14(17)8-10-23-2;/h3-7,9,14H,8,10,17H2,1-2H3,(H,20,21);1H/t14-;/m0./s1. The number of ether oxygens (including phenoxy) is 1. The number of rotatable bonds is 7. The number of aromatic nitrogens is 2. The number of carbonyl (C=O) groups excluding carboxylic acids is 1. The number of nitrogens with one attached hydrogen (secondary N) is 1. The van der Waals surface area contributed by atoms with Gasteiger partial charge in [0.15, 0.2) is 0 Å². The summed E-state index contributed by atoms with van der Waals surface area (Å²) in [6, 6.07) is 8.59. The van der Waals surface area contributed by atoms with Gasteiger partial charge in [-0.3, -0.25) is 4.79 Å². The lowest BCUT2D eigenvalue weighted by Crippen LogP contribution is -2.36. The van der Waals surface area contributed by atoms with Crippen LogP contribution in [0.4, 0.5) is 5.69 Å². The first-order chi connectivity index (χ1) is 11.1. The molecular formula is C16H21ClN4O2S. The SMILES string of the molecule is CSCC[C@H](N)C(=O)Nc1ccc(Oc2nccc(C)n2)cc1.Cl. The Balaban J connectivity index is 0.00000288. The van der Waals surface area contributed by atoms with Gasteiger partial charge >= 0.3 is 6.01 Å². The molecule has 6 nitrogen and oxygen atoms in total. The van der Waals surface area contributed by atoms with Gasteiger partial charge in [-0.1, -0.05) is 0 Å². The Morgan fingerprint density at radius 3 is 2.67 bits per heavy atom. The van der Waals surface area contributed by atoms with E-state index in [0.717, 1.165) is 11.4 Å². The molecule has 1 aromatic heterocycles. The number of halogens is 1. The molecule has 0 radical (unpaired) electrons. The summed E-state index contributed by atoms with van der Waals surface area (Å²) < 4.78 is 5.56. The second kappa shape index (κ2) is 10.1. The molecule has 24 heavy (non-hydrogen) atoms. The minimum absolute atomic E-state index is 0. The van der Waals surface area contributed by atoms with Crippen molar-refractivity contribution in [3.63, 3.8) is 0 Å². The number of benzene rings is 1. The van der Waals surface area contributed by atoms with Crippen LogP contribution in [0.3, 0.4) is 0 Å². The van der Waals surface area contributed by atoms with Crippen LogP contribution in [0.1, 0.15) is 12.1 Å². The molecule has 1 aromatic carbocycles. The topological polar surface area (TPSA) is 90.1 Å². The number of nitrogens with two attached hydrogens (primary N) is 1. The first kappa shape index (κ1) is 20.2. The van der Waals surface area contributed by atoms with Crippen LogP contribution in [-0.4, -0.2) is 33.9 Å². The predicted octanol–water partition coefficient (Wildman–Crippen LogP) is 3.02. The molecule has 0 saturated heterocycles. The zero-order valence-electron chi connectivity index (χ0n) is 13.6. The van der Waals surface area contributed by atoms with Crippen LogP contribution in [0, 0.1) is 6.92 Å². The number of anilines is 1. The predicted molar refractivity (Wildman–Crippen MR) is 100 cm³/mol. The highest BCUT2D eigenvalue weighted by Gasteiger charge is 2.13. The Morgan fingerprint density at radius 1 is 1.33 bits per heavy atom. The Morgan fingerprint density at radius 2 is 2.04 bits per heavy atom. The second-order valence-electron chi connectivity index (χ2n) is 4.98. The van der Waals surface area contributed by atoms with Crippen LogP contribution in [-0.2, 0) is 4.79 Å². The molecule has 1 amide bonds. The van der Waals surface area contributed by atoms with Gasteiger partial charge in [0, 0.05) is 17.6 Å². The van der Waals surface area contributed by atoms with Crippen LogP contribution >= 0.6 is 24.2 Å². The van der Waals surface area contributed by atoms with Crippen molar-refractivity contribution in [2.24, 2.45) is 5.73 Å². The number of amides is 1. The molecule has 2 rings (SSSR count). The molecule has 1 heterocycles. The lowest BCUT2D eigenvalue weighted by atomic mass is 10.2. The highest BCUT2D eigenvalue weighted by Crippen LogP contribution is 2.20. The largest absolute Gasteiger partial charge is 0.424 e. The average molecular weight is 369 g/mol. The van der Waals surface area contributed by atoms with Crippen molar-refractivity contribution >= 4 is 35.8 Å². The number of hydrogen-bond acceptors (Lipinski definition) is 6. The van der Waals surface area contributed by atoms with E-state index in [0.29, 0.717) is 23.9 Å². The van der Waals surface area contributed by atoms with E-state index in [-0.39, 0.29) is 18.3 Å². The third-order valence-electron chi connectivity index (χ3n) is 3.07. The van der Waals surface area contributed by atoms with Crippen LogP contribution in [0.15, 0.2) is 36.5 Å². The molecule has 0 spiro atoms. The van der Waals surface area contributed by atoms with Crippen LogP contribution < -0.4 is 15.8 Å². The smallest absolute Gasteiger partial charge is 0.322 e. The van der Waals surface area contributed by atoms with Gasteiger partial charge < -0.3 is 15.8 Å². The fourth-order valence-corrected chi connectivity index (χ4v) is 2.29. The number of hydrogen-bond donors (Lipinski definition) is 2. The molecule has 130 valence electrons. The lowest BCUT2D eigenvalue weighted by molar-refractivity contribution is -0.117. The summed E-state index contributed by atoms with van der Waals surface area (Å²) in [7, 11) is 0. The maximum atomic E-state index is 11.9. The molecule has 0 saturated carbocycles.